The SMILES string of the molecule is CC(C)(O)CN1CCC(C(=O)Nc2ccc(Cl)cn2)CC1. The lowest BCUT2D eigenvalue weighted by Crippen LogP contribution is -2.44. The van der Waals surface area contributed by atoms with Crippen molar-refractivity contribution in [3.05, 3.63) is 23.4 Å². The van der Waals surface area contributed by atoms with Gasteiger partial charge in [0.05, 0.1) is 10.6 Å². The number of anilines is 1. The summed E-state index contributed by atoms with van der Waals surface area (Å²) in [6, 6.07) is 3.40. The van der Waals surface area contributed by atoms with Crippen LogP contribution in [0, 0.1) is 5.92 Å². The molecule has 0 bridgehead atoms. The molecule has 1 amide bonds. The van der Waals surface area contributed by atoms with Gasteiger partial charge < -0.3 is 15.3 Å². The number of hydrogen-bond acceptors (Lipinski definition) is 4. The first-order valence-corrected chi connectivity index (χ1v) is 7.58. The average molecular weight is 312 g/mol. The van der Waals surface area contributed by atoms with Gasteiger partial charge in [0.25, 0.3) is 0 Å². The summed E-state index contributed by atoms with van der Waals surface area (Å²) in [5.74, 6) is 0.539. The van der Waals surface area contributed by atoms with E-state index in [0.29, 0.717) is 17.4 Å². The van der Waals surface area contributed by atoms with Crippen LogP contribution in [0.1, 0.15) is 26.7 Å². The maximum absolute atomic E-state index is 12.2. The smallest absolute Gasteiger partial charge is 0.228 e. The van der Waals surface area contributed by atoms with Crippen LogP contribution >= 0.6 is 11.6 Å². The van der Waals surface area contributed by atoms with Crippen molar-refractivity contribution in [2.75, 3.05) is 25.0 Å². The molecular weight excluding hydrogens is 290 g/mol. The number of aromatic nitrogens is 1. The Labute approximate surface area is 130 Å². The summed E-state index contributed by atoms with van der Waals surface area (Å²) >= 11 is 5.76. The summed E-state index contributed by atoms with van der Waals surface area (Å²) in [6.45, 7) is 5.91. The molecule has 0 atom stereocenters. The van der Waals surface area contributed by atoms with Gasteiger partial charge >= 0.3 is 0 Å². The number of hydrogen-bond donors (Lipinski definition) is 2. The zero-order valence-electron chi connectivity index (χ0n) is 12.5. The summed E-state index contributed by atoms with van der Waals surface area (Å²) < 4.78 is 0. The highest BCUT2D eigenvalue weighted by atomic mass is 35.5. The molecule has 0 saturated carbocycles. The van der Waals surface area contributed by atoms with Crippen molar-refractivity contribution >= 4 is 23.3 Å². The first-order chi connectivity index (χ1) is 9.83. The number of carbonyl (C=O) groups is 1. The normalized spacial score (nSPS) is 17.7. The minimum atomic E-state index is -0.692. The predicted octanol–water partition coefficient (Wildman–Crippen LogP) is 2.16. The lowest BCUT2D eigenvalue weighted by atomic mass is 9.95. The topological polar surface area (TPSA) is 65.5 Å². The quantitative estimate of drug-likeness (QED) is 0.894. The predicted molar refractivity (Wildman–Crippen MR) is 83.3 cm³/mol. The zero-order valence-corrected chi connectivity index (χ0v) is 13.2. The van der Waals surface area contributed by atoms with E-state index in [0.717, 1.165) is 25.9 Å². The Morgan fingerprint density at radius 3 is 2.67 bits per heavy atom. The lowest BCUT2D eigenvalue weighted by Gasteiger charge is -2.34. The van der Waals surface area contributed by atoms with Crippen LogP contribution in [-0.2, 0) is 4.79 Å². The van der Waals surface area contributed by atoms with Crippen LogP contribution in [0.3, 0.4) is 0 Å². The molecule has 2 rings (SSSR count). The molecule has 2 N–H and O–H groups in total. The Balaban J connectivity index is 1.81. The van der Waals surface area contributed by atoms with Gasteiger partial charge in [0.2, 0.25) is 5.91 Å². The molecule has 1 fully saturated rings. The summed E-state index contributed by atoms with van der Waals surface area (Å²) in [5, 5.41) is 13.2. The highest BCUT2D eigenvalue weighted by Crippen LogP contribution is 2.20. The van der Waals surface area contributed by atoms with E-state index >= 15 is 0 Å². The van der Waals surface area contributed by atoms with Gasteiger partial charge in [-0.3, -0.25) is 4.79 Å². The average Bonchev–Trinajstić information content (AvgIpc) is 2.40. The number of amides is 1. The molecule has 21 heavy (non-hydrogen) atoms. The van der Waals surface area contributed by atoms with E-state index in [2.05, 4.69) is 15.2 Å². The van der Waals surface area contributed by atoms with Crippen molar-refractivity contribution in [2.24, 2.45) is 5.92 Å². The molecule has 1 saturated heterocycles. The van der Waals surface area contributed by atoms with Crippen molar-refractivity contribution in [2.45, 2.75) is 32.3 Å². The van der Waals surface area contributed by atoms with Gasteiger partial charge in [-0.2, -0.15) is 0 Å². The number of halogens is 1. The minimum absolute atomic E-state index is 0.000494. The summed E-state index contributed by atoms with van der Waals surface area (Å²) in [7, 11) is 0. The molecule has 1 aromatic heterocycles. The number of piperidine rings is 1. The van der Waals surface area contributed by atoms with Crippen LogP contribution in [0.5, 0.6) is 0 Å². The van der Waals surface area contributed by atoms with Crippen LogP contribution in [0.2, 0.25) is 5.02 Å². The second-order valence-electron chi connectivity index (χ2n) is 6.21. The molecule has 6 heteroatoms. The van der Waals surface area contributed by atoms with E-state index in [1.807, 2.05) is 0 Å². The van der Waals surface area contributed by atoms with Crippen molar-refractivity contribution in [3.8, 4) is 0 Å². The summed E-state index contributed by atoms with van der Waals surface area (Å²) in [4.78, 5) is 18.5. The number of β-amino-alcohol motifs (C(OH)–C–C–N with tert-alkyl or cyclic N) is 1. The van der Waals surface area contributed by atoms with Crippen molar-refractivity contribution in [3.63, 3.8) is 0 Å². The molecule has 1 aliphatic rings. The van der Waals surface area contributed by atoms with E-state index in [4.69, 9.17) is 11.6 Å². The van der Waals surface area contributed by atoms with Gasteiger partial charge in [0.15, 0.2) is 0 Å². The van der Waals surface area contributed by atoms with E-state index < -0.39 is 5.60 Å². The van der Waals surface area contributed by atoms with Crippen molar-refractivity contribution in [1.82, 2.24) is 9.88 Å². The number of nitrogens with zero attached hydrogens (tertiary/aromatic N) is 2. The Bertz CT molecular complexity index is 477. The van der Waals surface area contributed by atoms with Gasteiger partial charge in [-0.05, 0) is 51.9 Å². The molecular formula is C15H22ClN3O2. The number of likely N-dealkylation sites (tertiary alicyclic amines) is 1. The van der Waals surface area contributed by atoms with Crippen LogP contribution in [0.25, 0.3) is 0 Å². The van der Waals surface area contributed by atoms with E-state index in [1.54, 1.807) is 26.0 Å². The lowest BCUT2D eigenvalue weighted by molar-refractivity contribution is -0.121. The number of pyridine rings is 1. The fourth-order valence-corrected chi connectivity index (χ4v) is 2.69. The van der Waals surface area contributed by atoms with E-state index in [1.165, 1.54) is 6.20 Å². The van der Waals surface area contributed by atoms with Gasteiger partial charge in [0.1, 0.15) is 5.82 Å². The fourth-order valence-electron chi connectivity index (χ4n) is 2.58. The molecule has 2 heterocycles. The molecule has 116 valence electrons. The molecule has 0 unspecified atom stereocenters. The van der Waals surface area contributed by atoms with Crippen molar-refractivity contribution in [1.29, 1.82) is 0 Å². The third kappa shape index (κ3) is 5.26. The maximum atomic E-state index is 12.2. The third-order valence-corrected chi connectivity index (χ3v) is 3.77. The fraction of sp³-hybridized carbons (Fsp3) is 0.600. The second-order valence-corrected chi connectivity index (χ2v) is 6.65. The first kappa shape index (κ1) is 16.2. The monoisotopic (exact) mass is 311 g/mol. The minimum Gasteiger partial charge on any atom is -0.389 e. The molecule has 1 aromatic rings. The van der Waals surface area contributed by atoms with Gasteiger partial charge in [-0.1, -0.05) is 11.6 Å². The highest BCUT2D eigenvalue weighted by Gasteiger charge is 2.27. The molecule has 0 radical (unpaired) electrons. The van der Waals surface area contributed by atoms with Crippen molar-refractivity contribution < 1.29 is 9.90 Å². The second kappa shape index (κ2) is 6.73. The first-order valence-electron chi connectivity index (χ1n) is 7.21. The summed E-state index contributed by atoms with van der Waals surface area (Å²) in [6.07, 6.45) is 3.12. The van der Waals surface area contributed by atoms with Crippen LogP contribution in [0.15, 0.2) is 18.3 Å². The Kier molecular flexibility index (Phi) is 5.19. The molecule has 1 aliphatic heterocycles. The number of nitrogens with one attached hydrogen (secondary N) is 1. The van der Waals surface area contributed by atoms with Gasteiger partial charge in [-0.25, -0.2) is 4.98 Å². The largest absolute Gasteiger partial charge is 0.389 e. The standard InChI is InChI=1S/C15H22ClN3O2/c1-15(2,21)10-19-7-5-11(6-8-19)14(20)18-13-4-3-12(16)9-17-13/h3-4,9,11,21H,5-8,10H2,1-2H3,(H,17,18,20). The Hall–Kier alpha value is -1.17. The molecule has 0 aromatic carbocycles. The third-order valence-electron chi connectivity index (χ3n) is 3.55. The number of aliphatic hydroxyl groups is 1. The van der Waals surface area contributed by atoms with E-state index in [9.17, 15) is 9.90 Å². The van der Waals surface area contributed by atoms with Crippen LogP contribution in [-0.4, -0.2) is 46.1 Å². The van der Waals surface area contributed by atoms with Gasteiger partial charge in [0, 0.05) is 18.7 Å². The van der Waals surface area contributed by atoms with Crippen LogP contribution in [0.4, 0.5) is 5.82 Å². The molecule has 5 nitrogen and oxygen atoms in total. The van der Waals surface area contributed by atoms with Gasteiger partial charge in [-0.15, -0.1) is 0 Å². The number of carbonyl (C=O) groups excluding carboxylic acids is 1. The zero-order chi connectivity index (χ0) is 15.5. The maximum Gasteiger partial charge on any atom is 0.228 e. The molecule has 0 spiro atoms. The molecule has 0 aliphatic carbocycles. The van der Waals surface area contributed by atoms with Crippen LogP contribution < -0.4 is 5.32 Å². The van der Waals surface area contributed by atoms with E-state index in [-0.39, 0.29) is 11.8 Å². The number of rotatable bonds is 4. The Morgan fingerprint density at radius 2 is 2.14 bits per heavy atom. The highest BCUT2D eigenvalue weighted by molar-refractivity contribution is 6.30. The Morgan fingerprint density at radius 1 is 1.48 bits per heavy atom. The summed E-state index contributed by atoms with van der Waals surface area (Å²) in [5.41, 5.74) is -0.692.